The van der Waals surface area contributed by atoms with Gasteiger partial charge in [0.25, 0.3) is 0 Å². The summed E-state index contributed by atoms with van der Waals surface area (Å²) in [5.41, 5.74) is 0.965. The number of hydrogen-bond donors (Lipinski definition) is 3. The Labute approximate surface area is 183 Å². The second kappa shape index (κ2) is 11.5. The van der Waals surface area contributed by atoms with Crippen LogP contribution in [0.2, 0.25) is 0 Å². The van der Waals surface area contributed by atoms with Crippen LogP contribution in [0.15, 0.2) is 47.6 Å². The van der Waals surface area contributed by atoms with Crippen LogP contribution in [-0.2, 0) is 11.3 Å². The smallest absolute Gasteiger partial charge is 0.219 e. The number of rotatable bonds is 10. The summed E-state index contributed by atoms with van der Waals surface area (Å²) in [6.45, 7) is 5.35. The van der Waals surface area contributed by atoms with Crippen molar-refractivity contribution in [2.75, 3.05) is 40.0 Å². The van der Waals surface area contributed by atoms with E-state index in [0.29, 0.717) is 49.6 Å². The number of nitrogens with zero attached hydrogens (tertiary/aromatic N) is 2. The van der Waals surface area contributed by atoms with Gasteiger partial charge in [0.15, 0.2) is 17.5 Å². The normalized spacial score (nSPS) is 18.6. The van der Waals surface area contributed by atoms with Gasteiger partial charge in [0.05, 0.1) is 13.2 Å². The fourth-order valence-corrected chi connectivity index (χ4v) is 3.49. The molecule has 0 bridgehead atoms. The van der Waals surface area contributed by atoms with E-state index >= 15 is 0 Å². The molecule has 0 spiro atoms. The van der Waals surface area contributed by atoms with E-state index < -0.39 is 0 Å². The van der Waals surface area contributed by atoms with Gasteiger partial charge in [-0.15, -0.1) is 0 Å². The van der Waals surface area contributed by atoms with Crippen molar-refractivity contribution >= 4 is 5.96 Å². The number of aliphatic hydroxyl groups is 1. The van der Waals surface area contributed by atoms with E-state index in [9.17, 15) is 5.11 Å². The lowest BCUT2D eigenvalue weighted by molar-refractivity contribution is 0.127. The molecule has 2 aromatic rings. The van der Waals surface area contributed by atoms with Gasteiger partial charge in [-0.05, 0) is 37.5 Å². The highest BCUT2D eigenvalue weighted by atomic mass is 16.5. The summed E-state index contributed by atoms with van der Waals surface area (Å²) in [7, 11) is 1.74. The molecule has 0 aliphatic carbocycles. The third-order valence-corrected chi connectivity index (χ3v) is 5.30. The number of ether oxygens (including phenoxy) is 3. The predicted molar refractivity (Wildman–Crippen MR) is 120 cm³/mol. The highest BCUT2D eigenvalue weighted by Gasteiger charge is 2.34. The number of pyridine rings is 1. The highest BCUT2D eigenvalue weighted by molar-refractivity contribution is 5.79. The molecule has 1 aromatic carbocycles. The van der Waals surface area contributed by atoms with Crippen LogP contribution in [0, 0.1) is 5.41 Å². The van der Waals surface area contributed by atoms with E-state index in [2.05, 4.69) is 20.6 Å². The van der Waals surface area contributed by atoms with E-state index in [4.69, 9.17) is 14.2 Å². The second-order valence-corrected chi connectivity index (χ2v) is 7.54. The lowest BCUT2D eigenvalue weighted by Crippen LogP contribution is -2.44. The number of nitrogens with one attached hydrogen (secondary N) is 2. The monoisotopic (exact) mass is 428 g/mol. The first kappa shape index (κ1) is 22.8. The molecule has 3 rings (SSSR count). The molecule has 1 saturated heterocycles. The number of guanidine groups is 1. The molecule has 1 atom stereocenters. The third-order valence-electron chi connectivity index (χ3n) is 5.30. The topological polar surface area (TPSA) is 97.2 Å². The van der Waals surface area contributed by atoms with Gasteiger partial charge in [-0.25, -0.2) is 4.98 Å². The maximum absolute atomic E-state index is 9.37. The summed E-state index contributed by atoms with van der Waals surface area (Å²) in [5, 5.41) is 16.0. The zero-order chi connectivity index (χ0) is 21.9. The quantitative estimate of drug-likeness (QED) is 0.395. The Morgan fingerprint density at radius 1 is 1.23 bits per heavy atom. The minimum atomic E-state index is -0.0370. The number of aliphatic hydroxyl groups excluding tert-OH is 1. The van der Waals surface area contributed by atoms with Crippen molar-refractivity contribution in [3.8, 4) is 17.4 Å². The third kappa shape index (κ3) is 6.57. The summed E-state index contributed by atoms with van der Waals surface area (Å²) in [6.07, 6.45) is 3.43. The number of aliphatic imine (C=N–C) groups is 1. The van der Waals surface area contributed by atoms with Crippen molar-refractivity contribution in [2.24, 2.45) is 10.4 Å². The summed E-state index contributed by atoms with van der Waals surface area (Å²) < 4.78 is 17.0. The summed E-state index contributed by atoms with van der Waals surface area (Å²) in [4.78, 5) is 8.69. The Bertz CT molecular complexity index is 836. The first-order valence-electron chi connectivity index (χ1n) is 10.7. The van der Waals surface area contributed by atoms with Gasteiger partial charge in [0.1, 0.15) is 0 Å². The molecule has 8 nitrogen and oxygen atoms in total. The standard InChI is InChI=1S/C23H32N4O4/c1-3-30-19-6-4-5-7-20(19)31-21-9-8-18(14-25-21)15-26-22(24-2)27-16-23(10-12-28)11-13-29-17-23/h4-9,14,28H,3,10-13,15-17H2,1-2H3,(H2,24,26,27). The van der Waals surface area contributed by atoms with Gasteiger partial charge in [0.2, 0.25) is 5.88 Å². The molecule has 0 radical (unpaired) electrons. The van der Waals surface area contributed by atoms with E-state index in [1.54, 1.807) is 13.2 Å². The Kier molecular flexibility index (Phi) is 8.49. The molecule has 168 valence electrons. The minimum Gasteiger partial charge on any atom is -0.490 e. The summed E-state index contributed by atoms with van der Waals surface area (Å²) >= 11 is 0. The molecular formula is C23H32N4O4. The number of benzene rings is 1. The van der Waals surface area contributed by atoms with Crippen molar-refractivity contribution in [3.63, 3.8) is 0 Å². The predicted octanol–water partition coefficient (Wildman–Crippen LogP) is 2.73. The second-order valence-electron chi connectivity index (χ2n) is 7.54. The fraction of sp³-hybridized carbons (Fsp3) is 0.478. The molecule has 1 fully saturated rings. The van der Waals surface area contributed by atoms with E-state index in [-0.39, 0.29) is 12.0 Å². The minimum absolute atomic E-state index is 0.0370. The SMILES string of the molecule is CCOc1ccccc1Oc1ccc(CNC(=NC)NCC2(CCO)CCOC2)cn1. The van der Waals surface area contributed by atoms with Crippen LogP contribution in [0.3, 0.4) is 0 Å². The van der Waals surface area contributed by atoms with Gasteiger partial charge in [-0.1, -0.05) is 18.2 Å². The van der Waals surface area contributed by atoms with Crippen LogP contribution >= 0.6 is 0 Å². The summed E-state index contributed by atoms with van der Waals surface area (Å²) in [5.74, 6) is 2.54. The van der Waals surface area contributed by atoms with Crippen LogP contribution < -0.4 is 20.1 Å². The van der Waals surface area contributed by atoms with Gasteiger partial charge >= 0.3 is 0 Å². The zero-order valence-electron chi connectivity index (χ0n) is 18.3. The highest BCUT2D eigenvalue weighted by Crippen LogP contribution is 2.31. The average molecular weight is 429 g/mol. The Morgan fingerprint density at radius 3 is 2.71 bits per heavy atom. The maximum atomic E-state index is 9.37. The van der Waals surface area contributed by atoms with Crippen LogP contribution in [0.5, 0.6) is 17.4 Å². The molecule has 8 heteroatoms. The first-order valence-corrected chi connectivity index (χ1v) is 10.7. The Hall–Kier alpha value is -2.84. The van der Waals surface area contributed by atoms with E-state index in [1.165, 1.54) is 0 Å². The summed E-state index contributed by atoms with van der Waals surface area (Å²) in [6, 6.07) is 11.3. The molecule has 1 aromatic heterocycles. The number of hydrogen-bond acceptors (Lipinski definition) is 6. The van der Waals surface area contributed by atoms with Gasteiger partial charge in [-0.3, -0.25) is 4.99 Å². The molecule has 1 aliphatic rings. The molecular weight excluding hydrogens is 396 g/mol. The lowest BCUT2D eigenvalue weighted by Gasteiger charge is -2.27. The zero-order valence-corrected chi connectivity index (χ0v) is 18.3. The van der Waals surface area contributed by atoms with Gasteiger partial charge in [0, 0.05) is 51.0 Å². The molecule has 0 amide bonds. The molecule has 1 unspecified atom stereocenters. The first-order chi connectivity index (χ1) is 15.2. The number of para-hydroxylation sites is 2. The van der Waals surface area contributed by atoms with Crippen molar-refractivity contribution < 1.29 is 19.3 Å². The van der Waals surface area contributed by atoms with Crippen molar-refractivity contribution in [3.05, 3.63) is 48.2 Å². The van der Waals surface area contributed by atoms with Crippen molar-refractivity contribution in [1.29, 1.82) is 0 Å². The van der Waals surface area contributed by atoms with Crippen LogP contribution in [0.25, 0.3) is 0 Å². The Morgan fingerprint density at radius 2 is 2.06 bits per heavy atom. The maximum Gasteiger partial charge on any atom is 0.219 e. The molecule has 0 saturated carbocycles. The van der Waals surface area contributed by atoms with Gasteiger partial charge in [-0.2, -0.15) is 0 Å². The molecule has 1 aliphatic heterocycles. The largest absolute Gasteiger partial charge is 0.490 e. The number of aromatic nitrogens is 1. The molecule has 2 heterocycles. The molecule has 31 heavy (non-hydrogen) atoms. The Balaban J connectivity index is 1.51. The van der Waals surface area contributed by atoms with Crippen LogP contribution in [0.1, 0.15) is 25.3 Å². The van der Waals surface area contributed by atoms with E-state index in [1.807, 2.05) is 43.3 Å². The van der Waals surface area contributed by atoms with Crippen molar-refractivity contribution in [2.45, 2.75) is 26.3 Å². The molecule has 3 N–H and O–H groups in total. The average Bonchev–Trinajstić information content (AvgIpc) is 3.25. The fourth-order valence-electron chi connectivity index (χ4n) is 3.49. The van der Waals surface area contributed by atoms with E-state index in [0.717, 1.165) is 25.0 Å². The lowest BCUT2D eigenvalue weighted by atomic mass is 9.84. The van der Waals surface area contributed by atoms with Crippen LogP contribution in [0.4, 0.5) is 0 Å². The van der Waals surface area contributed by atoms with Crippen LogP contribution in [-0.4, -0.2) is 56.1 Å². The van der Waals surface area contributed by atoms with Gasteiger partial charge < -0.3 is 30.0 Å². The van der Waals surface area contributed by atoms with Crippen molar-refractivity contribution in [1.82, 2.24) is 15.6 Å².